The summed E-state index contributed by atoms with van der Waals surface area (Å²) in [5.74, 6) is -0.178. The topological polar surface area (TPSA) is 0 Å². The predicted molar refractivity (Wildman–Crippen MR) is 88.5 cm³/mol. The van der Waals surface area contributed by atoms with Crippen LogP contribution in [0.2, 0.25) is 0 Å². The zero-order valence-corrected chi connectivity index (χ0v) is 13.7. The highest BCUT2D eigenvalue weighted by atomic mass is 79.9. The first-order valence-electron chi connectivity index (χ1n) is 6.45. The lowest BCUT2D eigenvalue weighted by molar-refractivity contribution is 0.630. The van der Waals surface area contributed by atoms with Gasteiger partial charge in [-0.25, -0.2) is 4.39 Å². The van der Waals surface area contributed by atoms with Crippen LogP contribution in [0.1, 0.15) is 26.4 Å². The lowest BCUT2D eigenvalue weighted by Gasteiger charge is -2.10. The first kappa shape index (κ1) is 13.8. The van der Waals surface area contributed by atoms with Crippen LogP contribution in [0.5, 0.6) is 0 Å². The van der Waals surface area contributed by atoms with E-state index >= 15 is 0 Å². The van der Waals surface area contributed by atoms with Crippen LogP contribution < -0.4 is 0 Å². The molecular formula is C17H14BrFS. The van der Waals surface area contributed by atoms with Crippen LogP contribution in [0.4, 0.5) is 4.39 Å². The van der Waals surface area contributed by atoms with E-state index in [1.807, 2.05) is 6.07 Å². The molecular weight excluding hydrogens is 335 g/mol. The Morgan fingerprint density at radius 2 is 1.80 bits per heavy atom. The highest BCUT2D eigenvalue weighted by Gasteiger charge is 2.14. The Kier molecular flexibility index (Phi) is 3.65. The fraction of sp³-hybridized carbons (Fsp3) is 0.176. The maximum absolute atomic E-state index is 13.3. The normalized spacial score (nSPS) is 12.8. The minimum Gasteiger partial charge on any atom is -0.207 e. The summed E-state index contributed by atoms with van der Waals surface area (Å²) in [6.07, 6.45) is 0. The fourth-order valence-corrected chi connectivity index (χ4v) is 4.03. The maximum atomic E-state index is 13.3. The van der Waals surface area contributed by atoms with Crippen molar-refractivity contribution in [1.29, 1.82) is 0 Å². The van der Waals surface area contributed by atoms with E-state index in [9.17, 15) is 4.39 Å². The standard InChI is InChI=1S/C17H14BrFS/c1-10-3-4-13(7-11(10)2)17(18)16-8-12-5-6-14(19)9-15(12)20-16/h3-9,17H,1-2H3. The van der Waals surface area contributed by atoms with Gasteiger partial charge in [-0.15, -0.1) is 11.3 Å². The van der Waals surface area contributed by atoms with Gasteiger partial charge < -0.3 is 0 Å². The molecule has 0 aliphatic carbocycles. The summed E-state index contributed by atoms with van der Waals surface area (Å²) in [6.45, 7) is 4.24. The second-order valence-electron chi connectivity index (χ2n) is 5.04. The van der Waals surface area contributed by atoms with E-state index in [4.69, 9.17) is 0 Å². The van der Waals surface area contributed by atoms with E-state index in [-0.39, 0.29) is 10.6 Å². The van der Waals surface area contributed by atoms with E-state index in [1.54, 1.807) is 17.4 Å². The number of alkyl halides is 1. The zero-order valence-electron chi connectivity index (χ0n) is 11.3. The first-order valence-corrected chi connectivity index (χ1v) is 8.18. The van der Waals surface area contributed by atoms with Crippen molar-refractivity contribution in [2.45, 2.75) is 18.7 Å². The minimum atomic E-state index is -0.178. The Morgan fingerprint density at radius 3 is 2.55 bits per heavy atom. The third-order valence-corrected chi connectivity index (χ3v) is 6.06. The van der Waals surface area contributed by atoms with Crippen LogP contribution in [0.15, 0.2) is 42.5 Å². The smallest absolute Gasteiger partial charge is 0.124 e. The number of rotatable bonds is 2. The summed E-state index contributed by atoms with van der Waals surface area (Å²) in [7, 11) is 0. The maximum Gasteiger partial charge on any atom is 0.124 e. The van der Waals surface area contributed by atoms with Gasteiger partial charge in [-0.3, -0.25) is 0 Å². The van der Waals surface area contributed by atoms with Crippen LogP contribution in [0.3, 0.4) is 0 Å². The van der Waals surface area contributed by atoms with Gasteiger partial charge in [0.2, 0.25) is 0 Å². The number of aryl methyl sites for hydroxylation is 2. The van der Waals surface area contributed by atoms with E-state index in [2.05, 4.69) is 54.0 Å². The van der Waals surface area contributed by atoms with Gasteiger partial charge in [0, 0.05) is 9.58 Å². The van der Waals surface area contributed by atoms with Crippen molar-refractivity contribution in [2.75, 3.05) is 0 Å². The Morgan fingerprint density at radius 1 is 1.00 bits per heavy atom. The van der Waals surface area contributed by atoms with Crippen molar-refractivity contribution in [3.05, 3.63) is 69.8 Å². The third kappa shape index (κ3) is 2.52. The highest BCUT2D eigenvalue weighted by molar-refractivity contribution is 9.09. The van der Waals surface area contributed by atoms with Gasteiger partial charge in [0.15, 0.2) is 0 Å². The highest BCUT2D eigenvalue weighted by Crippen LogP contribution is 2.38. The van der Waals surface area contributed by atoms with Gasteiger partial charge in [0.25, 0.3) is 0 Å². The Bertz CT molecular complexity index is 776. The number of hydrogen-bond donors (Lipinski definition) is 0. The fourth-order valence-electron chi connectivity index (χ4n) is 2.24. The van der Waals surface area contributed by atoms with Crippen LogP contribution in [-0.4, -0.2) is 0 Å². The molecule has 0 saturated heterocycles. The van der Waals surface area contributed by atoms with E-state index < -0.39 is 0 Å². The predicted octanol–water partition coefficient (Wildman–Crippen LogP) is 6.14. The van der Waals surface area contributed by atoms with Crippen molar-refractivity contribution < 1.29 is 4.39 Å². The number of halogens is 2. The quantitative estimate of drug-likeness (QED) is 0.487. The zero-order chi connectivity index (χ0) is 14.3. The van der Waals surface area contributed by atoms with Crippen molar-refractivity contribution in [2.24, 2.45) is 0 Å². The number of hydrogen-bond acceptors (Lipinski definition) is 1. The molecule has 0 aliphatic rings. The molecule has 1 atom stereocenters. The summed E-state index contributed by atoms with van der Waals surface area (Å²) >= 11 is 5.40. The molecule has 1 heterocycles. The van der Waals surface area contributed by atoms with Gasteiger partial charge in [0.1, 0.15) is 5.82 Å². The SMILES string of the molecule is Cc1ccc(C(Br)c2cc3ccc(F)cc3s2)cc1C. The molecule has 0 nitrogen and oxygen atoms in total. The molecule has 3 aromatic rings. The second-order valence-corrected chi connectivity index (χ2v) is 7.07. The summed E-state index contributed by atoms with van der Waals surface area (Å²) < 4.78 is 14.3. The molecule has 0 amide bonds. The Hall–Kier alpha value is -1.19. The monoisotopic (exact) mass is 348 g/mol. The van der Waals surface area contributed by atoms with E-state index in [1.165, 1.54) is 27.6 Å². The molecule has 0 radical (unpaired) electrons. The molecule has 3 rings (SSSR count). The minimum absolute atomic E-state index is 0.155. The van der Waals surface area contributed by atoms with Gasteiger partial charge in [-0.05, 0) is 54.1 Å². The van der Waals surface area contributed by atoms with E-state index in [0.29, 0.717) is 0 Å². The molecule has 20 heavy (non-hydrogen) atoms. The Labute approximate surface area is 130 Å². The number of fused-ring (bicyclic) bond motifs is 1. The first-order chi connectivity index (χ1) is 9.54. The third-order valence-electron chi connectivity index (χ3n) is 3.57. The van der Waals surface area contributed by atoms with E-state index in [0.717, 1.165) is 10.1 Å². The van der Waals surface area contributed by atoms with Crippen LogP contribution >= 0.6 is 27.3 Å². The van der Waals surface area contributed by atoms with Gasteiger partial charge >= 0.3 is 0 Å². The molecule has 0 aliphatic heterocycles. The molecule has 1 unspecified atom stereocenters. The van der Waals surface area contributed by atoms with Crippen molar-refractivity contribution in [3.63, 3.8) is 0 Å². The van der Waals surface area contributed by atoms with Gasteiger partial charge in [0.05, 0.1) is 4.83 Å². The largest absolute Gasteiger partial charge is 0.207 e. The molecule has 2 aromatic carbocycles. The molecule has 0 N–H and O–H groups in total. The van der Waals surface area contributed by atoms with Gasteiger partial charge in [-0.1, -0.05) is 40.2 Å². The average Bonchev–Trinajstić information content (AvgIpc) is 2.84. The van der Waals surface area contributed by atoms with Crippen molar-refractivity contribution in [1.82, 2.24) is 0 Å². The Balaban J connectivity index is 2.02. The molecule has 0 spiro atoms. The second kappa shape index (κ2) is 5.30. The summed E-state index contributed by atoms with van der Waals surface area (Å²) in [4.78, 5) is 1.36. The number of thiophene rings is 1. The van der Waals surface area contributed by atoms with Crippen LogP contribution in [-0.2, 0) is 0 Å². The molecule has 0 saturated carbocycles. The summed E-state index contributed by atoms with van der Waals surface area (Å²) in [6, 6.07) is 13.6. The van der Waals surface area contributed by atoms with Crippen LogP contribution in [0.25, 0.3) is 10.1 Å². The lowest BCUT2D eigenvalue weighted by atomic mass is 10.0. The molecule has 3 heteroatoms. The summed E-state index contributed by atoms with van der Waals surface area (Å²) in [5.41, 5.74) is 3.83. The lowest BCUT2D eigenvalue weighted by Crippen LogP contribution is -1.91. The molecule has 1 aromatic heterocycles. The molecule has 0 fully saturated rings. The summed E-state index contributed by atoms with van der Waals surface area (Å²) in [5, 5.41) is 1.10. The van der Waals surface area contributed by atoms with Crippen LogP contribution in [0, 0.1) is 19.7 Å². The van der Waals surface area contributed by atoms with Crippen molar-refractivity contribution in [3.8, 4) is 0 Å². The molecule has 102 valence electrons. The van der Waals surface area contributed by atoms with Gasteiger partial charge in [-0.2, -0.15) is 0 Å². The molecule has 0 bridgehead atoms. The average molecular weight is 349 g/mol. The van der Waals surface area contributed by atoms with Crippen molar-refractivity contribution >= 4 is 37.4 Å². The number of benzene rings is 2.